The Labute approximate surface area is 94.1 Å². The number of rotatable bonds is 4. The quantitative estimate of drug-likeness (QED) is 0.803. The maximum Gasteiger partial charge on any atom is 0.267 e. The van der Waals surface area contributed by atoms with Crippen LogP contribution in [-0.2, 0) is 0 Å². The number of H-pyrrole nitrogens is 1. The third-order valence-electron chi connectivity index (χ3n) is 3.34. The zero-order valence-electron chi connectivity index (χ0n) is 9.38. The molecule has 1 aliphatic carbocycles. The summed E-state index contributed by atoms with van der Waals surface area (Å²) in [5.74, 6) is -0.197. The molecule has 0 aliphatic heterocycles. The van der Waals surface area contributed by atoms with E-state index in [1.54, 1.807) is 12.1 Å². The predicted molar refractivity (Wildman–Crippen MR) is 61.4 cm³/mol. The van der Waals surface area contributed by atoms with Crippen LogP contribution < -0.4 is 10.9 Å². The lowest BCUT2D eigenvalue weighted by Crippen LogP contribution is -2.31. The molecule has 1 aromatic heterocycles. The summed E-state index contributed by atoms with van der Waals surface area (Å²) in [5, 5.41) is 2.87. The van der Waals surface area contributed by atoms with E-state index in [-0.39, 0.29) is 11.5 Å². The largest absolute Gasteiger partial charge is 0.350 e. The van der Waals surface area contributed by atoms with E-state index in [0.717, 1.165) is 6.42 Å². The molecule has 0 unspecified atom stereocenters. The van der Waals surface area contributed by atoms with Crippen LogP contribution in [0.2, 0.25) is 0 Å². The Morgan fingerprint density at radius 1 is 1.50 bits per heavy atom. The lowest BCUT2D eigenvalue weighted by Gasteiger charge is -2.12. The standard InChI is InChI=1S/C12H16N2O2/c1-2-12(6-7-12)8-13-11(16)9-4-3-5-10(15)14-9/h3-5H,2,6-8H2,1H3,(H,13,16)(H,14,15). The van der Waals surface area contributed by atoms with Crippen molar-refractivity contribution < 1.29 is 4.79 Å². The highest BCUT2D eigenvalue weighted by Crippen LogP contribution is 2.47. The molecule has 1 heterocycles. The van der Waals surface area contributed by atoms with E-state index in [4.69, 9.17) is 0 Å². The number of hydrogen-bond donors (Lipinski definition) is 2. The van der Waals surface area contributed by atoms with Gasteiger partial charge in [0.25, 0.3) is 5.91 Å². The first-order chi connectivity index (χ1) is 7.65. The zero-order valence-corrected chi connectivity index (χ0v) is 9.38. The van der Waals surface area contributed by atoms with Gasteiger partial charge in [0.1, 0.15) is 5.69 Å². The lowest BCUT2D eigenvalue weighted by molar-refractivity contribution is 0.0939. The normalized spacial score (nSPS) is 16.8. The van der Waals surface area contributed by atoms with E-state index in [9.17, 15) is 9.59 Å². The van der Waals surface area contributed by atoms with Crippen molar-refractivity contribution in [2.75, 3.05) is 6.54 Å². The number of amides is 1. The van der Waals surface area contributed by atoms with Crippen LogP contribution in [0, 0.1) is 5.41 Å². The van der Waals surface area contributed by atoms with Gasteiger partial charge in [-0.15, -0.1) is 0 Å². The van der Waals surface area contributed by atoms with Gasteiger partial charge in [-0.2, -0.15) is 0 Å². The van der Waals surface area contributed by atoms with E-state index >= 15 is 0 Å². The molecule has 0 radical (unpaired) electrons. The van der Waals surface area contributed by atoms with Gasteiger partial charge in [0.15, 0.2) is 0 Å². The van der Waals surface area contributed by atoms with Crippen molar-refractivity contribution in [3.63, 3.8) is 0 Å². The van der Waals surface area contributed by atoms with Crippen molar-refractivity contribution in [3.05, 3.63) is 34.2 Å². The van der Waals surface area contributed by atoms with Crippen molar-refractivity contribution in [1.82, 2.24) is 10.3 Å². The van der Waals surface area contributed by atoms with E-state index in [1.807, 2.05) is 0 Å². The summed E-state index contributed by atoms with van der Waals surface area (Å²) < 4.78 is 0. The van der Waals surface area contributed by atoms with Gasteiger partial charge in [0, 0.05) is 12.6 Å². The lowest BCUT2D eigenvalue weighted by atomic mass is 10.0. The minimum Gasteiger partial charge on any atom is -0.350 e. The van der Waals surface area contributed by atoms with Crippen molar-refractivity contribution in [2.24, 2.45) is 5.41 Å². The molecule has 1 saturated carbocycles. The summed E-state index contributed by atoms with van der Waals surface area (Å²) in [5.41, 5.74) is 0.411. The fourth-order valence-corrected chi connectivity index (χ4v) is 1.78. The molecule has 86 valence electrons. The number of carbonyl (C=O) groups is 1. The predicted octanol–water partition coefficient (Wildman–Crippen LogP) is 1.29. The second-order valence-corrected chi connectivity index (χ2v) is 4.46. The first-order valence-corrected chi connectivity index (χ1v) is 5.63. The molecule has 1 amide bonds. The molecular weight excluding hydrogens is 204 g/mol. The molecule has 1 aromatic rings. The topological polar surface area (TPSA) is 62.0 Å². The molecule has 0 aromatic carbocycles. The third kappa shape index (κ3) is 2.32. The SMILES string of the molecule is CCC1(CNC(=O)c2cccc(=O)[nH]2)CC1. The van der Waals surface area contributed by atoms with Crippen LogP contribution in [0.4, 0.5) is 0 Å². The zero-order chi connectivity index (χ0) is 11.6. The highest BCUT2D eigenvalue weighted by atomic mass is 16.2. The van der Waals surface area contributed by atoms with Crippen molar-refractivity contribution in [2.45, 2.75) is 26.2 Å². The molecule has 2 N–H and O–H groups in total. The highest BCUT2D eigenvalue weighted by molar-refractivity contribution is 5.92. The Bertz CT molecular complexity index is 446. The minimum atomic E-state index is -0.246. The number of nitrogens with one attached hydrogen (secondary N) is 2. The van der Waals surface area contributed by atoms with Crippen LogP contribution in [0.1, 0.15) is 36.7 Å². The highest BCUT2D eigenvalue weighted by Gasteiger charge is 2.40. The monoisotopic (exact) mass is 220 g/mol. The van der Waals surface area contributed by atoms with E-state index in [0.29, 0.717) is 17.7 Å². The van der Waals surface area contributed by atoms with Gasteiger partial charge in [-0.25, -0.2) is 0 Å². The van der Waals surface area contributed by atoms with Gasteiger partial charge in [-0.3, -0.25) is 9.59 Å². The molecule has 0 bridgehead atoms. The molecule has 16 heavy (non-hydrogen) atoms. The Kier molecular flexibility index (Phi) is 2.81. The van der Waals surface area contributed by atoms with Crippen LogP contribution in [-0.4, -0.2) is 17.4 Å². The summed E-state index contributed by atoms with van der Waals surface area (Å²) in [7, 11) is 0. The molecule has 0 atom stereocenters. The van der Waals surface area contributed by atoms with Crippen LogP contribution in [0.3, 0.4) is 0 Å². The minimum absolute atomic E-state index is 0.197. The number of aromatic nitrogens is 1. The smallest absolute Gasteiger partial charge is 0.267 e. The number of aromatic amines is 1. The Morgan fingerprint density at radius 3 is 2.81 bits per heavy atom. The fourth-order valence-electron chi connectivity index (χ4n) is 1.78. The maximum absolute atomic E-state index is 11.7. The Morgan fingerprint density at radius 2 is 2.25 bits per heavy atom. The van der Waals surface area contributed by atoms with Gasteiger partial charge in [-0.1, -0.05) is 13.0 Å². The molecule has 0 spiro atoms. The van der Waals surface area contributed by atoms with E-state index in [1.165, 1.54) is 18.9 Å². The summed E-state index contributed by atoms with van der Waals surface area (Å²) in [6.07, 6.45) is 3.47. The second-order valence-electron chi connectivity index (χ2n) is 4.46. The average molecular weight is 220 g/mol. The molecule has 1 fully saturated rings. The Hall–Kier alpha value is -1.58. The number of pyridine rings is 1. The van der Waals surface area contributed by atoms with Crippen LogP contribution >= 0.6 is 0 Å². The first-order valence-electron chi connectivity index (χ1n) is 5.63. The molecule has 2 rings (SSSR count). The van der Waals surface area contributed by atoms with Crippen LogP contribution in [0.5, 0.6) is 0 Å². The first kappa shape index (κ1) is 10.9. The van der Waals surface area contributed by atoms with Crippen molar-refractivity contribution >= 4 is 5.91 Å². The molecule has 0 saturated heterocycles. The van der Waals surface area contributed by atoms with Gasteiger partial charge in [-0.05, 0) is 30.7 Å². The summed E-state index contributed by atoms with van der Waals surface area (Å²) in [6, 6.07) is 4.59. The number of hydrogen-bond acceptors (Lipinski definition) is 2. The van der Waals surface area contributed by atoms with Gasteiger partial charge in [0.2, 0.25) is 5.56 Å². The van der Waals surface area contributed by atoms with Crippen LogP contribution in [0.15, 0.2) is 23.0 Å². The third-order valence-corrected chi connectivity index (χ3v) is 3.34. The summed E-state index contributed by atoms with van der Waals surface area (Å²) in [6.45, 7) is 2.85. The second kappa shape index (κ2) is 4.12. The van der Waals surface area contributed by atoms with Gasteiger partial charge in [0.05, 0.1) is 0 Å². The van der Waals surface area contributed by atoms with E-state index < -0.39 is 0 Å². The number of carbonyl (C=O) groups excluding carboxylic acids is 1. The van der Waals surface area contributed by atoms with E-state index in [2.05, 4.69) is 17.2 Å². The molecule has 4 heteroatoms. The molecule has 4 nitrogen and oxygen atoms in total. The van der Waals surface area contributed by atoms with Crippen LogP contribution in [0.25, 0.3) is 0 Å². The summed E-state index contributed by atoms with van der Waals surface area (Å²) >= 11 is 0. The average Bonchev–Trinajstić information content (AvgIpc) is 3.07. The molecular formula is C12H16N2O2. The van der Waals surface area contributed by atoms with Gasteiger partial charge < -0.3 is 10.3 Å². The van der Waals surface area contributed by atoms with Crippen molar-refractivity contribution in [3.8, 4) is 0 Å². The Balaban J connectivity index is 1.96. The fraction of sp³-hybridized carbons (Fsp3) is 0.500. The molecule has 1 aliphatic rings. The maximum atomic E-state index is 11.7. The van der Waals surface area contributed by atoms with Gasteiger partial charge >= 0.3 is 0 Å². The van der Waals surface area contributed by atoms with Crippen molar-refractivity contribution in [1.29, 1.82) is 0 Å². The summed E-state index contributed by atoms with van der Waals surface area (Å²) in [4.78, 5) is 25.2.